The molecule has 2 saturated carbocycles. The highest BCUT2D eigenvalue weighted by atomic mass is 16.5. The number of fused-ring (bicyclic) bond motifs is 1. The fourth-order valence-corrected chi connectivity index (χ4v) is 5.20. The summed E-state index contributed by atoms with van der Waals surface area (Å²) < 4.78 is 5.71. The first kappa shape index (κ1) is 19.5. The average molecular weight is 357 g/mol. The van der Waals surface area contributed by atoms with E-state index in [9.17, 15) is 4.79 Å². The third-order valence-electron chi connectivity index (χ3n) is 6.70. The number of unbranched alkanes of at least 4 members (excludes halogenated alkanes) is 1. The first-order valence-electron chi connectivity index (χ1n) is 11.0. The summed E-state index contributed by atoms with van der Waals surface area (Å²) >= 11 is 0. The van der Waals surface area contributed by atoms with E-state index in [0.29, 0.717) is 5.75 Å². The van der Waals surface area contributed by atoms with Crippen molar-refractivity contribution in [1.82, 2.24) is 0 Å². The summed E-state index contributed by atoms with van der Waals surface area (Å²) in [6.07, 6.45) is 13.5. The molecular formula is C24H36O2. The molecule has 26 heavy (non-hydrogen) atoms. The quantitative estimate of drug-likeness (QED) is 0.408. The number of carbonyl (C=O) groups is 1. The number of ether oxygens (including phenoxy) is 1. The van der Waals surface area contributed by atoms with Crippen LogP contribution >= 0.6 is 0 Å². The third kappa shape index (κ3) is 5.11. The van der Waals surface area contributed by atoms with Gasteiger partial charge in [0.25, 0.3) is 0 Å². The number of esters is 1. The van der Waals surface area contributed by atoms with Crippen LogP contribution < -0.4 is 4.74 Å². The Labute approximate surface area is 159 Å². The van der Waals surface area contributed by atoms with Crippen LogP contribution in [0, 0.1) is 23.7 Å². The van der Waals surface area contributed by atoms with E-state index >= 15 is 0 Å². The molecule has 0 aliphatic heterocycles. The molecule has 2 aliphatic carbocycles. The Balaban J connectivity index is 1.48. The Morgan fingerprint density at radius 2 is 1.62 bits per heavy atom. The fourth-order valence-electron chi connectivity index (χ4n) is 5.20. The molecule has 0 aromatic heterocycles. The van der Waals surface area contributed by atoms with Gasteiger partial charge in [0.2, 0.25) is 0 Å². The molecule has 144 valence electrons. The number of benzene rings is 1. The van der Waals surface area contributed by atoms with Crippen molar-refractivity contribution in [3.8, 4) is 5.75 Å². The van der Waals surface area contributed by atoms with E-state index in [-0.39, 0.29) is 11.9 Å². The van der Waals surface area contributed by atoms with E-state index in [1.807, 2.05) is 12.1 Å². The standard InChI is InChI=1S/C24H36O2/c1-3-5-7-18-8-14-23(15-9-18)26-24(25)20-10-12-21-16-19(6-4-2)17-22(21)13-11-20/h8-9,14-15,19-22H,3-7,10-13,16-17H2,1-2H3. The van der Waals surface area contributed by atoms with Crippen molar-refractivity contribution in [2.24, 2.45) is 23.7 Å². The maximum absolute atomic E-state index is 12.6. The molecule has 2 unspecified atom stereocenters. The normalized spacial score (nSPS) is 28.4. The molecule has 0 heterocycles. The molecule has 3 rings (SSSR count). The van der Waals surface area contributed by atoms with Crippen LogP contribution in [-0.2, 0) is 11.2 Å². The van der Waals surface area contributed by atoms with Crippen LogP contribution in [0.25, 0.3) is 0 Å². The molecule has 1 aromatic carbocycles. The lowest BCUT2D eigenvalue weighted by Gasteiger charge is -2.15. The number of hydrogen-bond donors (Lipinski definition) is 0. The van der Waals surface area contributed by atoms with Gasteiger partial charge in [0.1, 0.15) is 5.75 Å². The smallest absolute Gasteiger partial charge is 0.314 e. The number of carbonyl (C=O) groups excluding carboxylic acids is 1. The van der Waals surface area contributed by atoms with Crippen LogP contribution in [0.15, 0.2) is 24.3 Å². The van der Waals surface area contributed by atoms with Crippen molar-refractivity contribution >= 4 is 5.97 Å². The Morgan fingerprint density at radius 3 is 2.19 bits per heavy atom. The highest BCUT2D eigenvalue weighted by molar-refractivity contribution is 5.75. The Morgan fingerprint density at radius 1 is 0.962 bits per heavy atom. The lowest BCUT2D eigenvalue weighted by molar-refractivity contribution is -0.139. The second-order valence-electron chi connectivity index (χ2n) is 8.67. The van der Waals surface area contributed by atoms with Crippen molar-refractivity contribution in [3.05, 3.63) is 29.8 Å². The average Bonchev–Trinajstić information content (AvgIpc) is 2.92. The predicted octanol–water partition coefficient (Wildman–Crippen LogP) is 6.57. The number of hydrogen-bond acceptors (Lipinski definition) is 2. The lowest BCUT2D eigenvalue weighted by atomic mass is 9.92. The van der Waals surface area contributed by atoms with Crippen LogP contribution in [0.3, 0.4) is 0 Å². The maximum Gasteiger partial charge on any atom is 0.314 e. The predicted molar refractivity (Wildman–Crippen MR) is 107 cm³/mol. The SMILES string of the molecule is CCCCc1ccc(OC(=O)C2CCC3CC(CCC)CC3CC2)cc1. The summed E-state index contributed by atoms with van der Waals surface area (Å²) in [5.74, 6) is 3.48. The van der Waals surface area contributed by atoms with Crippen molar-refractivity contribution in [2.45, 2.75) is 84.5 Å². The summed E-state index contributed by atoms with van der Waals surface area (Å²) in [6, 6.07) is 8.13. The molecule has 0 bridgehead atoms. The summed E-state index contributed by atoms with van der Waals surface area (Å²) in [4.78, 5) is 12.6. The molecule has 1 aromatic rings. The highest BCUT2D eigenvalue weighted by Crippen LogP contribution is 2.46. The van der Waals surface area contributed by atoms with Crippen LogP contribution in [0.1, 0.15) is 83.6 Å². The maximum atomic E-state index is 12.6. The largest absolute Gasteiger partial charge is 0.426 e. The molecule has 0 saturated heterocycles. The topological polar surface area (TPSA) is 26.3 Å². The molecule has 2 heteroatoms. The van der Waals surface area contributed by atoms with E-state index in [0.717, 1.165) is 37.0 Å². The zero-order chi connectivity index (χ0) is 18.4. The summed E-state index contributed by atoms with van der Waals surface area (Å²) in [7, 11) is 0. The van der Waals surface area contributed by atoms with Gasteiger partial charge in [-0.3, -0.25) is 4.79 Å². The minimum atomic E-state index is -0.00334. The highest BCUT2D eigenvalue weighted by Gasteiger charge is 2.37. The molecule has 0 amide bonds. The van der Waals surface area contributed by atoms with Crippen molar-refractivity contribution in [3.63, 3.8) is 0 Å². The summed E-state index contributed by atoms with van der Waals surface area (Å²) in [5, 5.41) is 0. The molecule has 2 aliphatic rings. The zero-order valence-electron chi connectivity index (χ0n) is 16.7. The number of rotatable bonds is 7. The van der Waals surface area contributed by atoms with Crippen molar-refractivity contribution < 1.29 is 9.53 Å². The Kier molecular flexibility index (Phi) is 7.16. The minimum absolute atomic E-state index is 0.00334. The van der Waals surface area contributed by atoms with Gasteiger partial charge in [0.05, 0.1) is 5.92 Å². The molecule has 2 atom stereocenters. The van der Waals surface area contributed by atoms with E-state index in [4.69, 9.17) is 4.74 Å². The van der Waals surface area contributed by atoms with Crippen molar-refractivity contribution in [1.29, 1.82) is 0 Å². The van der Waals surface area contributed by atoms with Crippen molar-refractivity contribution in [2.75, 3.05) is 0 Å². The number of aryl methyl sites for hydroxylation is 1. The van der Waals surface area contributed by atoms with Crippen LogP contribution in [0.2, 0.25) is 0 Å². The van der Waals surface area contributed by atoms with Crippen LogP contribution in [-0.4, -0.2) is 5.97 Å². The molecule has 0 N–H and O–H groups in total. The van der Waals surface area contributed by atoms with Gasteiger partial charge < -0.3 is 4.74 Å². The molecule has 0 spiro atoms. The monoisotopic (exact) mass is 356 g/mol. The van der Waals surface area contributed by atoms with E-state index in [1.165, 1.54) is 56.9 Å². The van der Waals surface area contributed by atoms with E-state index in [1.54, 1.807) is 0 Å². The van der Waals surface area contributed by atoms with Crippen LogP contribution in [0.4, 0.5) is 0 Å². The van der Waals surface area contributed by atoms with Gasteiger partial charge >= 0.3 is 5.97 Å². The lowest BCUT2D eigenvalue weighted by Crippen LogP contribution is -2.20. The Bertz CT molecular complexity index is 546. The first-order chi connectivity index (χ1) is 12.7. The molecule has 2 fully saturated rings. The third-order valence-corrected chi connectivity index (χ3v) is 6.70. The van der Waals surface area contributed by atoms with Gasteiger partial charge in [-0.15, -0.1) is 0 Å². The van der Waals surface area contributed by atoms with Crippen LogP contribution in [0.5, 0.6) is 5.75 Å². The van der Waals surface area contributed by atoms with Gasteiger partial charge in [-0.2, -0.15) is 0 Å². The molecule has 0 radical (unpaired) electrons. The second-order valence-corrected chi connectivity index (χ2v) is 8.67. The zero-order valence-corrected chi connectivity index (χ0v) is 16.7. The van der Waals surface area contributed by atoms with E-state index in [2.05, 4.69) is 26.0 Å². The van der Waals surface area contributed by atoms with Gasteiger partial charge in [-0.25, -0.2) is 0 Å². The van der Waals surface area contributed by atoms with Gasteiger partial charge in [-0.05, 0) is 86.8 Å². The van der Waals surface area contributed by atoms with Gasteiger partial charge in [0, 0.05) is 0 Å². The fraction of sp³-hybridized carbons (Fsp3) is 0.708. The van der Waals surface area contributed by atoms with E-state index < -0.39 is 0 Å². The minimum Gasteiger partial charge on any atom is -0.426 e. The first-order valence-corrected chi connectivity index (χ1v) is 11.0. The molecular weight excluding hydrogens is 320 g/mol. The molecule has 2 nitrogen and oxygen atoms in total. The van der Waals surface area contributed by atoms with Gasteiger partial charge in [-0.1, -0.05) is 45.2 Å². The summed E-state index contributed by atoms with van der Waals surface area (Å²) in [6.45, 7) is 4.51. The van der Waals surface area contributed by atoms with Gasteiger partial charge in [0.15, 0.2) is 0 Å². The Hall–Kier alpha value is -1.31. The second kappa shape index (κ2) is 9.58. The summed E-state index contributed by atoms with van der Waals surface area (Å²) in [5.41, 5.74) is 1.33.